The molecule has 0 saturated carbocycles. The van der Waals surface area contributed by atoms with Crippen LogP contribution < -0.4 is 0 Å². The summed E-state index contributed by atoms with van der Waals surface area (Å²) >= 11 is 0. The molecular formula is C9H19N3P2. The molecule has 0 spiro atoms. The van der Waals surface area contributed by atoms with E-state index in [0.29, 0.717) is 17.4 Å². The van der Waals surface area contributed by atoms with Crippen molar-refractivity contribution in [1.82, 2.24) is 15.0 Å². The van der Waals surface area contributed by atoms with Gasteiger partial charge in [0.25, 0.3) is 0 Å². The predicted octanol–water partition coefficient (Wildman–Crippen LogP) is 2.73. The van der Waals surface area contributed by atoms with E-state index in [1.807, 2.05) is 4.68 Å². The van der Waals surface area contributed by atoms with Crippen LogP contribution in [0.15, 0.2) is 0 Å². The molecule has 0 aliphatic rings. The van der Waals surface area contributed by atoms with Crippen LogP contribution >= 0.6 is 18.5 Å². The molecule has 2 atom stereocenters. The first kappa shape index (κ1) is 12.1. The van der Waals surface area contributed by atoms with Crippen molar-refractivity contribution in [3.05, 3.63) is 11.4 Å². The van der Waals surface area contributed by atoms with Crippen LogP contribution in [0.3, 0.4) is 0 Å². The number of aromatic nitrogens is 3. The van der Waals surface area contributed by atoms with Gasteiger partial charge in [-0.05, 0) is 19.8 Å². The van der Waals surface area contributed by atoms with Crippen molar-refractivity contribution in [3.63, 3.8) is 0 Å². The zero-order chi connectivity index (χ0) is 10.9. The third-order valence-electron chi connectivity index (χ3n) is 2.11. The molecule has 2 unspecified atom stereocenters. The maximum Gasteiger partial charge on any atom is 0.0894 e. The molecule has 0 saturated heterocycles. The second-order valence-corrected chi connectivity index (χ2v) is 6.28. The Kier molecular flexibility index (Phi) is 4.04. The Labute approximate surface area is 90.4 Å². The molecule has 1 aromatic rings. The van der Waals surface area contributed by atoms with Gasteiger partial charge < -0.3 is 0 Å². The van der Waals surface area contributed by atoms with Gasteiger partial charge in [0.15, 0.2) is 0 Å². The highest BCUT2D eigenvalue weighted by atomic mass is 31.1. The molecule has 14 heavy (non-hydrogen) atoms. The molecule has 0 fully saturated rings. The smallest absolute Gasteiger partial charge is 0.0894 e. The molecule has 0 N–H and O–H groups in total. The van der Waals surface area contributed by atoms with Gasteiger partial charge >= 0.3 is 0 Å². The molecule has 0 aromatic carbocycles. The quantitative estimate of drug-likeness (QED) is 0.749. The van der Waals surface area contributed by atoms with Gasteiger partial charge in [0, 0.05) is 11.4 Å². The SMILES string of the molecule is CC(C)c1nnn(C(C)C)c1C(P)P. The Hall–Kier alpha value is 0. The van der Waals surface area contributed by atoms with Crippen LogP contribution in [0.4, 0.5) is 0 Å². The maximum absolute atomic E-state index is 4.24. The zero-order valence-corrected chi connectivity index (χ0v) is 11.5. The molecule has 1 aromatic heterocycles. The molecule has 1 heterocycles. The van der Waals surface area contributed by atoms with Gasteiger partial charge in [-0.2, -0.15) is 0 Å². The van der Waals surface area contributed by atoms with Gasteiger partial charge in [0.05, 0.1) is 11.4 Å². The van der Waals surface area contributed by atoms with E-state index in [1.165, 1.54) is 5.69 Å². The van der Waals surface area contributed by atoms with Crippen LogP contribution in [0, 0.1) is 0 Å². The summed E-state index contributed by atoms with van der Waals surface area (Å²) in [7, 11) is 5.57. The first-order valence-corrected chi connectivity index (χ1v) is 6.24. The Bertz CT molecular complexity index is 280. The van der Waals surface area contributed by atoms with Crippen LogP contribution in [0.1, 0.15) is 56.4 Å². The maximum atomic E-state index is 4.24. The molecule has 3 nitrogen and oxygen atoms in total. The molecule has 0 amide bonds. The minimum atomic E-state index is 0.324. The minimum Gasteiger partial charge on any atom is -0.246 e. The predicted molar refractivity (Wildman–Crippen MR) is 66.7 cm³/mol. The van der Waals surface area contributed by atoms with Gasteiger partial charge in [-0.1, -0.05) is 19.1 Å². The summed E-state index contributed by atoms with van der Waals surface area (Å²) in [6, 6.07) is 0.369. The Morgan fingerprint density at radius 2 is 1.71 bits per heavy atom. The highest BCUT2D eigenvalue weighted by Gasteiger charge is 2.19. The van der Waals surface area contributed by atoms with Crippen LogP contribution in [-0.4, -0.2) is 15.0 Å². The number of rotatable bonds is 3. The minimum absolute atomic E-state index is 0.324. The average Bonchev–Trinajstić information content (AvgIpc) is 2.46. The van der Waals surface area contributed by atoms with E-state index >= 15 is 0 Å². The summed E-state index contributed by atoms with van der Waals surface area (Å²) in [6.07, 6.45) is 0. The lowest BCUT2D eigenvalue weighted by atomic mass is 10.1. The largest absolute Gasteiger partial charge is 0.246 e. The monoisotopic (exact) mass is 231 g/mol. The average molecular weight is 231 g/mol. The van der Waals surface area contributed by atoms with Crippen molar-refractivity contribution in [2.45, 2.75) is 45.1 Å². The van der Waals surface area contributed by atoms with E-state index in [1.54, 1.807) is 0 Å². The molecule has 0 aliphatic heterocycles. The van der Waals surface area contributed by atoms with Crippen molar-refractivity contribution in [3.8, 4) is 0 Å². The van der Waals surface area contributed by atoms with Crippen LogP contribution in [0.25, 0.3) is 0 Å². The van der Waals surface area contributed by atoms with Crippen LogP contribution in [-0.2, 0) is 0 Å². The highest BCUT2D eigenvalue weighted by molar-refractivity contribution is 7.37. The Balaban J connectivity index is 3.20. The molecule has 1 rings (SSSR count). The van der Waals surface area contributed by atoms with Gasteiger partial charge in [-0.3, -0.25) is 0 Å². The Morgan fingerprint density at radius 3 is 2.07 bits per heavy atom. The summed E-state index contributed by atoms with van der Waals surface area (Å²) in [5.41, 5.74) is 2.32. The van der Waals surface area contributed by atoms with Crippen LogP contribution in [0.2, 0.25) is 0 Å². The lowest BCUT2D eigenvalue weighted by Gasteiger charge is -2.14. The molecule has 80 valence electrons. The zero-order valence-electron chi connectivity index (χ0n) is 9.23. The number of hydrogen-bond acceptors (Lipinski definition) is 2. The number of hydrogen-bond donors (Lipinski definition) is 0. The second-order valence-electron chi connectivity index (χ2n) is 4.08. The molecule has 0 aliphatic carbocycles. The van der Waals surface area contributed by atoms with E-state index in [-0.39, 0.29) is 0 Å². The van der Waals surface area contributed by atoms with Crippen molar-refractivity contribution in [2.24, 2.45) is 0 Å². The standard InChI is InChI=1S/C9H19N3P2/c1-5(2)7-8(9(13)14)12(6(3)4)11-10-7/h5-6,9H,13-14H2,1-4H3. The lowest BCUT2D eigenvalue weighted by molar-refractivity contribution is 0.500. The summed E-state index contributed by atoms with van der Waals surface area (Å²) in [5, 5.41) is 8.77. The van der Waals surface area contributed by atoms with Gasteiger partial charge in [0.2, 0.25) is 0 Å². The van der Waals surface area contributed by atoms with E-state index in [0.717, 1.165) is 5.69 Å². The summed E-state index contributed by atoms with van der Waals surface area (Å²) in [5.74, 6) is 0.432. The molecule has 0 bridgehead atoms. The first-order valence-electron chi connectivity index (χ1n) is 4.91. The van der Waals surface area contributed by atoms with E-state index in [2.05, 4.69) is 56.5 Å². The highest BCUT2D eigenvalue weighted by Crippen LogP contribution is 2.35. The third kappa shape index (κ3) is 2.32. The first-order chi connectivity index (χ1) is 6.45. The molecule has 0 radical (unpaired) electrons. The van der Waals surface area contributed by atoms with Crippen molar-refractivity contribution in [2.75, 3.05) is 0 Å². The number of nitrogens with zero attached hydrogens (tertiary/aromatic N) is 3. The van der Waals surface area contributed by atoms with Crippen molar-refractivity contribution in [1.29, 1.82) is 0 Å². The van der Waals surface area contributed by atoms with Gasteiger partial charge in [-0.15, -0.1) is 23.6 Å². The summed E-state index contributed by atoms with van der Waals surface area (Å²) in [6.45, 7) is 8.55. The summed E-state index contributed by atoms with van der Waals surface area (Å²) in [4.78, 5) is 0. The summed E-state index contributed by atoms with van der Waals surface area (Å²) < 4.78 is 2.00. The van der Waals surface area contributed by atoms with Gasteiger partial charge in [-0.25, -0.2) is 4.68 Å². The normalized spacial score (nSPS) is 12.1. The third-order valence-corrected chi connectivity index (χ3v) is 2.74. The molecule has 5 heteroatoms. The van der Waals surface area contributed by atoms with Gasteiger partial charge in [0.1, 0.15) is 0 Å². The van der Waals surface area contributed by atoms with Crippen LogP contribution in [0.5, 0.6) is 0 Å². The fourth-order valence-electron chi connectivity index (χ4n) is 1.43. The van der Waals surface area contributed by atoms with E-state index in [4.69, 9.17) is 0 Å². The molecular weight excluding hydrogens is 212 g/mol. The second kappa shape index (κ2) is 4.68. The van der Waals surface area contributed by atoms with Crippen molar-refractivity contribution >= 4 is 18.5 Å². The topological polar surface area (TPSA) is 30.7 Å². The Morgan fingerprint density at radius 1 is 1.14 bits per heavy atom. The van der Waals surface area contributed by atoms with E-state index in [9.17, 15) is 0 Å². The van der Waals surface area contributed by atoms with E-state index < -0.39 is 0 Å². The lowest BCUT2D eigenvalue weighted by Crippen LogP contribution is -2.08. The van der Waals surface area contributed by atoms with Crippen molar-refractivity contribution < 1.29 is 0 Å². The fourth-order valence-corrected chi connectivity index (χ4v) is 2.08. The fraction of sp³-hybridized carbons (Fsp3) is 0.778.